The Bertz CT molecular complexity index is 601. The van der Waals surface area contributed by atoms with Crippen molar-refractivity contribution in [3.63, 3.8) is 0 Å². The summed E-state index contributed by atoms with van der Waals surface area (Å²) >= 11 is 0. The molecule has 20 heavy (non-hydrogen) atoms. The largest absolute Gasteiger partial charge is 0.409 e. The molecule has 1 aliphatic carbocycles. The van der Waals surface area contributed by atoms with E-state index in [9.17, 15) is 8.42 Å². The Morgan fingerprint density at radius 2 is 2.15 bits per heavy atom. The molecule has 0 aromatic carbocycles. The predicted molar refractivity (Wildman–Crippen MR) is 72.8 cm³/mol. The Kier molecular flexibility index (Phi) is 4.00. The van der Waals surface area contributed by atoms with E-state index in [1.807, 2.05) is 0 Å². The lowest BCUT2D eigenvalue weighted by atomic mass is 9.82. The molecule has 9 heteroatoms. The molecule has 0 bridgehead atoms. The average Bonchev–Trinajstić information content (AvgIpc) is 2.85. The van der Waals surface area contributed by atoms with E-state index in [0.29, 0.717) is 12.8 Å². The Hall–Kier alpha value is -1.61. The van der Waals surface area contributed by atoms with Gasteiger partial charge in [-0.1, -0.05) is 24.4 Å². The summed E-state index contributed by atoms with van der Waals surface area (Å²) in [5, 5.41) is 15.9. The Morgan fingerprint density at radius 1 is 1.50 bits per heavy atom. The normalized spacial score (nSPS) is 19.9. The number of hydrogen-bond donors (Lipinski definition) is 3. The van der Waals surface area contributed by atoms with Crippen LogP contribution in [-0.4, -0.2) is 34.8 Å². The summed E-state index contributed by atoms with van der Waals surface area (Å²) in [5.74, 6) is -0.0945. The van der Waals surface area contributed by atoms with E-state index < -0.39 is 15.6 Å². The van der Waals surface area contributed by atoms with E-state index in [2.05, 4.69) is 15.0 Å². The second-order valence-corrected chi connectivity index (χ2v) is 6.66. The summed E-state index contributed by atoms with van der Waals surface area (Å²) in [4.78, 5) is 0. The third kappa shape index (κ3) is 2.63. The average molecular weight is 301 g/mol. The highest BCUT2D eigenvalue weighted by Gasteiger charge is 2.41. The fraction of sp³-hybridized carbons (Fsp3) is 0.636. The van der Waals surface area contributed by atoms with Gasteiger partial charge in [0.05, 0.1) is 11.7 Å². The zero-order chi connectivity index (χ0) is 14.8. The molecule has 0 atom stereocenters. The van der Waals surface area contributed by atoms with Gasteiger partial charge in [0.15, 0.2) is 10.9 Å². The summed E-state index contributed by atoms with van der Waals surface area (Å²) in [6, 6.07) is 1.41. The first-order valence-electron chi connectivity index (χ1n) is 6.41. The molecule has 8 nitrogen and oxygen atoms in total. The van der Waals surface area contributed by atoms with Crippen LogP contribution in [0.5, 0.6) is 0 Å². The molecule has 1 aliphatic rings. The number of aromatic nitrogens is 2. The number of sulfonamides is 1. The van der Waals surface area contributed by atoms with Crippen LogP contribution in [0, 0.1) is 0 Å². The van der Waals surface area contributed by atoms with Crippen LogP contribution in [0.25, 0.3) is 0 Å². The van der Waals surface area contributed by atoms with Crippen molar-refractivity contribution in [1.82, 2.24) is 14.5 Å². The van der Waals surface area contributed by atoms with Crippen LogP contribution >= 0.6 is 0 Å². The number of nitrogens with zero attached hydrogens (tertiary/aromatic N) is 3. The molecule has 0 aliphatic heterocycles. The summed E-state index contributed by atoms with van der Waals surface area (Å²) in [7, 11) is -2.24. The van der Waals surface area contributed by atoms with Crippen molar-refractivity contribution in [3.05, 3.63) is 12.3 Å². The van der Waals surface area contributed by atoms with Crippen molar-refractivity contribution < 1.29 is 13.6 Å². The Morgan fingerprint density at radius 3 is 2.65 bits per heavy atom. The molecule has 0 saturated heterocycles. The predicted octanol–water partition coefficient (Wildman–Crippen LogP) is 0.148. The zero-order valence-electron chi connectivity index (χ0n) is 11.3. The maximum atomic E-state index is 12.4. The zero-order valence-corrected chi connectivity index (χ0v) is 12.1. The van der Waals surface area contributed by atoms with Crippen LogP contribution < -0.4 is 10.5 Å². The highest BCUT2D eigenvalue weighted by Crippen LogP contribution is 2.30. The van der Waals surface area contributed by atoms with E-state index in [0.717, 1.165) is 19.3 Å². The molecule has 0 spiro atoms. The molecule has 1 aromatic rings. The first-order chi connectivity index (χ1) is 9.41. The van der Waals surface area contributed by atoms with E-state index in [1.165, 1.54) is 16.9 Å². The third-order valence-corrected chi connectivity index (χ3v) is 5.30. The second kappa shape index (κ2) is 5.41. The quantitative estimate of drug-likeness (QED) is 0.316. The topological polar surface area (TPSA) is 123 Å². The Balaban J connectivity index is 2.36. The summed E-state index contributed by atoms with van der Waals surface area (Å²) < 4.78 is 28.8. The van der Waals surface area contributed by atoms with Gasteiger partial charge in [0.1, 0.15) is 0 Å². The van der Waals surface area contributed by atoms with Crippen LogP contribution in [0.4, 0.5) is 0 Å². The first kappa shape index (κ1) is 14.8. The van der Waals surface area contributed by atoms with E-state index in [-0.39, 0.29) is 10.9 Å². The van der Waals surface area contributed by atoms with Crippen molar-refractivity contribution in [1.29, 1.82) is 0 Å². The van der Waals surface area contributed by atoms with Crippen molar-refractivity contribution in [2.24, 2.45) is 17.9 Å². The molecule has 0 amide bonds. The van der Waals surface area contributed by atoms with Gasteiger partial charge in [0.2, 0.25) is 0 Å². The van der Waals surface area contributed by atoms with E-state index in [4.69, 9.17) is 10.9 Å². The number of nitrogens with one attached hydrogen (secondary N) is 1. The molecule has 1 saturated carbocycles. The fourth-order valence-electron chi connectivity index (χ4n) is 2.60. The minimum atomic E-state index is -3.78. The monoisotopic (exact) mass is 301 g/mol. The van der Waals surface area contributed by atoms with Gasteiger partial charge in [-0.15, -0.1) is 0 Å². The van der Waals surface area contributed by atoms with Crippen LogP contribution in [0.1, 0.15) is 32.1 Å². The van der Waals surface area contributed by atoms with Gasteiger partial charge in [-0.2, -0.15) is 9.82 Å². The number of oxime groups is 1. The standard InChI is InChI=1S/C11H19N5O3S/c1-16-9(5-8-13-16)20(18,19)15-11(10(12)14-17)6-3-2-4-7-11/h5,8,15,17H,2-4,6-7H2,1H3,(H2,12,14). The molecular formula is C11H19N5O3S. The van der Waals surface area contributed by atoms with Gasteiger partial charge in [-0.25, -0.2) is 8.42 Å². The summed E-state index contributed by atoms with van der Waals surface area (Å²) in [6.45, 7) is 0. The molecule has 2 rings (SSSR count). The summed E-state index contributed by atoms with van der Waals surface area (Å²) in [5.41, 5.74) is 4.71. The van der Waals surface area contributed by atoms with Gasteiger partial charge < -0.3 is 10.9 Å². The third-order valence-electron chi connectivity index (χ3n) is 3.69. The SMILES string of the molecule is Cn1nccc1S(=O)(=O)NC1(/C(N)=N/O)CCCCC1. The Labute approximate surface area is 117 Å². The van der Waals surface area contributed by atoms with Gasteiger partial charge >= 0.3 is 0 Å². The van der Waals surface area contributed by atoms with Gasteiger partial charge in [0.25, 0.3) is 10.0 Å². The molecule has 0 radical (unpaired) electrons. The molecule has 1 aromatic heterocycles. The fourth-order valence-corrected chi connectivity index (χ4v) is 4.16. The van der Waals surface area contributed by atoms with Gasteiger partial charge in [-0.05, 0) is 18.9 Å². The van der Waals surface area contributed by atoms with Crippen LogP contribution in [0.2, 0.25) is 0 Å². The van der Waals surface area contributed by atoms with Crippen molar-refractivity contribution in [2.45, 2.75) is 42.7 Å². The molecular weight excluding hydrogens is 282 g/mol. The van der Waals surface area contributed by atoms with Crippen LogP contribution in [0.3, 0.4) is 0 Å². The van der Waals surface area contributed by atoms with Crippen molar-refractivity contribution in [2.75, 3.05) is 0 Å². The lowest BCUT2D eigenvalue weighted by Gasteiger charge is -2.36. The highest BCUT2D eigenvalue weighted by molar-refractivity contribution is 7.89. The summed E-state index contributed by atoms with van der Waals surface area (Å²) in [6.07, 6.45) is 5.09. The first-order valence-corrected chi connectivity index (χ1v) is 7.90. The molecule has 1 heterocycles. The molecule has 4 N–H and O–H groups in total. The smallest absolute Gasteiger partial charge is 0.258 e. The maximum absolute atomic E-state index is 12.4. The number of hydrogen-bond acceptors (Lipinski definition) is 5. The molecule has 0 unspecified atom stereocenters. The van der Waals surface area contributed by atoms with Gasteiger partial charge in [-0.3, -0.25) is 4.68 Å². The van der Waals surface area contributed by atoms with Gasteiger partial charge in [0, 0.05) is 7.05 Å². The van der Waals surface area contributed by atoms with Crippen molar-refractivity contribution >= 4 is 15.9 Å². The van der Waals surface area contributed by atoms with Crippen LogP contribution in [-0.2, 0) is 17.1 Å². The molecule has 112 valence electrons. The lowest BCUT2D eigenvalue weighted by molar-refractivity contribution is 0.293. The second-order valence-electron chi connectivity index (χ2n) is 5.03. The maximum Gasteiger partial charge on any atom is 0.258 e. The minimum absolute atomic E-state index is 0.0492. The number of amidine groups is 1. The minimum Gasteiger partial charge on any atom is -0.409 e. The number of nitrogens with two attached hydrogens (primary N) is 1. The van der Waals surface area contributed by atoms with E-state index in [1.54, 1.807) is 7.05 Å². The lowest BCUT2D eigenvalue weighted by Crippen LogP contribution is -2.58. The van der Waals surface area contributed by atoms with E-state index >= 15 is 0 Å². The van der Waals surface area contributed by atoms with Crippen molar-refractivity contribution in [3.8, 4) is 0 Å². The molecule has 1 fully saturated rings. The number of rotatable bonds is 4. The number of aryl methyl sites for hydroxylation is 1. The van der Waals surface area contributed by atoms with Crippen LogP contribution in [0.15, 0.2) is 22.4 Å². The highest BCUT2D eigenvalue weighted by atomic mass is 32.2.